The molecule has 2 aromatic carbocycles. The molecule has 9 heteroatoms. The van der Waals surface area contributed by atoms with E-state index in [4.69, 9.17) is 4.74 Å². The SMILES string of the molecule is CCN(CC)c1ccc(C=NNC(=O)COc2ccc([N+](=O)[O-])cc2Br)cc1. The van der Waals surface area contributed by atoms with Crippen LogP contribution in [0.2, 0.25) is 0 Å². The predicted octanol–water partition coefficient (Wildman–Crippen LogP) is 3.73. The fraction of sp³-hybridized carbons (Fsp3) is 0.263. The fourth-order valence-electron chi connectivity index (χ4n) is 2.43. The molecule has 8 nitrogen and oxygen atoms in total. The van der Waals surface area contributed by atoms with E-state index in [0.29, 0.717) is 10.2 Å². The predicted molar refractivity (Wildman–Crippen MR) is 112 cm³/mol. The Bertz CT molecular complexity index is 852. The normalized spacial score (nSPS) is 10.7. The van der Waals surface area contributed by atoms with Crippen molar-refractivity contribution >= 4 is 39.4 Å². The minimum absolute atomic E-state index is 0.0692. The first-order valence-corrected chi connectivity index (χ1v) is 9.47. The van der Waals surface area contributed by atoms with E-state index >= 15 is 0 Å². The minimum Gasteiger partial charge on any atom is -0.483 e. The number of halogens is 1. The maximum Gasteiger partial charge on any atom is 0.277 e. The van der Waals surface area contributed by atoms with Gasteiger partial charge in [0.25, 0.3) is 11.6 Å². The quantitative estimate of drug-likeness (QED) is 0.358. The van der Waals surface area contributed by atoms with Gasteiger partial charge in [-0.05, 0) is 53.5 Å². The summed E-state index contributed by atoms with van der Waals surface area (Å²) < 4.78 is 5.74. The molecule has 0 saturated heterocycles. The molecule has 0 aliphatic rings. The average molecular weight is 449 g/mol. The van der Waals surface area contributed by atoms with Crippen LogP contribution in [0.15, 0.2) is 52.0 Å². The van der Waals surface area contributed by atoms with Crippen molar-refractivity contribution in [3.05, 3.63) is 62.6 Å². The number of nitro benzene ring substituents is 1. The van der Waals surface area contributed by atoms with E-state index in [9.17, 15) is 14.9 Å². The van der Waals surface area contributed by atoms with E-state index < -0.39 is 10.8 Å². The van der Waals surface area contributed by atoms with Gasteiger partial charge in [-0.15, -0.1) is 0 Å². The van der Waals surface area contributed by atoms with Crippen molar-refractivity contribution in [1.82, 2.24) is 5.43 Å². The highest BCUT2D eigenvalue weighted by Gasteiger charge is 2.11. The van der Waals surface area contributed by atoms with Crippen LogP contribution in [-0.2, 0) is 4.79 Å². The van der Waals surface area contributed by atoms with Crippen LogP contribution in [0, 0.1) is 10.1 Å². The zero-order valence-corrected chi connectivity index (χ0v) is 17.2. The van der Waals surface area contributed by atoms with Gasteiger partial charge in [0, 0.05) is 30.9 Å². The van der Waals surface area contributed by atoms with E-state index in [-0.39, 0.29) is 12.3 Å². The topological polar surface area (TPSA) is 97.1 Å². The largest absolute Gasteiger partial charge is 0.483 e. The summed E-state index contributed by atoms with van der Waals surface area (Å²) >= 11 is 3.18. The highest BCUT2D eigenvalue weighted by molar-refractivity contribution is 9.10. The summed E-state index contributed by atoms with van der Waals surface area (Å²) in [4.78, 5) is 24.3. The number of ether oxygens (including phenoxy) is 1. The van der Waals surface area contributed by atoms with Crippen LogP contribution in [0.4, 0.5) is 11.4 Å². The molecule has 1 amide bonds. The lowest BCUT2D eigenvalue weighted by Gasteiger charge is -2.20. The minimum atomic E-state index is -0.509. The van der Waals surface area contributed by atoms with E-state index in [1.807, 2.05) is 24.3 Å². The van der Waals surface area contributed by atoms with Crippen molar-refractivity contribution in [3.8, 4) is 5.75 Å². The van der Waals surface area contributed by atoms with Crippen molar-refractivity contribution in [2.45, 2.75) is 13.8 Å². The third-order valence-corrected chi connectivity index (χ3v) is 4.53. The van der Waals surface area contributed by atoms with Gasteiger partial charge in [0.2, 0.25) is 0 Å². The molecule has 28 heavy (non-hydrogen) atoms. The maximum absolute atomic E-state index is 11.8. The zero-order valence-electron chi connectivity index (χ0n) is 15.6. The molecule has 0 bridgehead atoms. The first-order chi connectivity index (χ1) is 13.4. The number of nitrogens with zero attached hydrogens (tertiary/aromatic N) is 3. The molecule has 0 unspecified atom stereocenters. The lowest BCUT2D eigenvalue weighted by atomic mass is 10.2. The highest BCUT2D eigenvalue weighted by Crippen LogP contribution is 2.28. The molecule has 0 radical (unpaired) electrons. The molecule has 0 saturated carbocycles. The Labute approximate surface area is 171 Å². The standard InChI is InChI=1S/C19H21BrN4O4/c1-3-23(4-2)15-7-5-14(6-8-15)12-21-22-19(25)13-28-18-10-9-16(24(26)27)11-17(18)20/h5-12H,3-4,13H2,1-2H3,(H,22,25). The lowest BCUT2D eigenvalue weighted by molar-refractivity contribution is -0.384. The summed E-state index contributed by atoms with van der Waals surface area (Å²) in [5, 5.41) is 14.6. The number of amides is 1. The fourth-order valence-corrected chi connectivity index (χ4v) is 2.92. The second-order valence-electron chi connectivity index (χ2n) is 5.72. The number of carbonyl (C=O) groups excluding carboxylic acids is 1. The third kappa shape index (κ3) is 6.05. The molecule has 0 aromatic heterocycles. The molecule has 0 fully saturated rings. The first kappa shape index (κ1) is 21.4. The van der Waals surface area contributed by atoms with Crippen LogP contribution >= 0.6 is 15.9 Å². The summed E-state index contributed by atoms with van der Waals surface area (Å²) in [5.41, 5.74) is 4.30. The molecule has 148 valence electrons. The van der Waals surface area contributed by atoms with Crippen LogP contribution in [-0.4, -0.2) is 36.7 Å². The Morgan fingerprint density at radius 2 is 1.93 bits per heavy atom. The molecule has 0 atom stereocenters. The molecular formula is C19H21BrN4O4. The summed E-state index contributed by atoms with van der Waals surface area (Å²) in [7, 11) is 0. The maximum atomic E-state index is 11.8. The van der Waals surface area contributed by atoms with Crippen molar-refractivity contribution in [2.24, 2.45) is 5.10 Å². The molecule has 2 aromatic rings. The Morgan fingerprint density at radius 1 is 1.25 bits per heavy atom. The zero-order chi connectivity index (χ0) is 20.5. The second-order valence-corrected chi connectivity index (χ2v) is 6.57. The summed E-state index contributed by atoms with van der Waals surface area (Å²) in [6.45, 7) is 5.81. The Balaban J connectivity index is 1.84. The van der Waals surface area contributed by atoms with Crippen molar-refractivity contribution in [2.75, 3.05) is 24.6 Å². The van der Waals surface area contributed by atoms with Gasteiger partial charge in [-0.25, -0.2) is 5.43 Å². The summed E-state index contributed by atoms with van der Waals surface area (Å²) in [6.07, 6.45) is 1.55. The van der Waals surface area contributed by atoms with Gasteiger partial charge in [-0.1, -0.05) is 12.1 Å². The van der Waals surface area contributed by atoms with Crippen molar-refractivity contribution in [1.29, 1.82) is 0 Å². The average Bonchev–Trinajstić information content (AvgIpc) is 2.69. The number of hydrogen-bond donors (Lipinski definition) is 1. The first-order valence-electron chi connectivity index (χ1n) is 8.68. The van der Waals surface area contributed by atoms with Crippen LogP contribution < -0.4 is 15.1 Å². The molecule has 0 aliphatic carbocycles. The number of hydrazone groups is 1. The second kappa shape index (κ2) is 10.4. The number of nitrogens with one attached hydrogen (secondary N) is 1. The molecule has 0 aliphatic heterocycles. The highest BCUT2D eigenvalue weighted by atomic mass is 79.9. The third-order valence-electron chi connectivity index (χ3n) is 3.91. The number of non-ortho nitro benzene ring substituents is 1. The molecule has 1 N–H and O–H groups in total. The molecular weight excluding hydrogens is 428 g/mol. The summed E-state index contributed by atoms with van der Waals surface area (Å²) in [6, 6.07) is 11.9. The molecule has 2 rings (SSSR count). The molecule has 0 spiro atoms. The van der Waals surface area contributed by atoms with E-state index in [1.165, 1.54) is 18.2 Å². The number of benzene rings is 2. The van der Waals surface area contributed by atoms with Gasteiger partial charge in [-0.3, -0.25) is 14.9 Å². The summed E-state index contributed by atoms with van der Waals surface area (Å²) in [5.74, 6) is -0.113. The van der Waals surface area contributed by atoms with Gasteiger partial charge in [0.05, 0.1) is 15.6 Å². The van der Waals surface area contributed by atoms with Gasteiger partial charge in [0.15, 0.2) is 6.61 Å². The number of hydrogen-bond acceptors (Lipinski definition) is 6. The van der Waals surface area contributed by atoms with Crippen LogP contribution in [0.1, 0.15) is 19.4 Å². The van der Waals surface area contributed by atoms with Crippen LogP contribution in [0.5, 0.6) is 5.75 Å². The van der Waals surface area contributed by atoms with Crippen LogP contribution in [0.25, 0.3) is 0 Å². The van der Waals surface area contributed by atoms with Gasteiger partial charge >= 0.3 is 0 Å². The monoisotopic (exact) mass is 448 g/mol. The number of carbonyl (C=O) groups is 1. The molecule has 0 heterocycles. The van der Waals surface area contributed by atoms with E-state index in [1.54, 1.807) is 6.21 Å². The van der Waals surface area contributed by atoms with E-state index in [2.05, 4.69) is 45.2 Å². The smallest absolute Gasteiger partial charge is 0.277 e. The Kier molecular flexibility index (Phi) is 7.94. The van der Waals surface area contributed by atoms with Crippen LogP contribution in [0.3, 0.4) is 0 Å². The van der Waals surface area contributed by atoms with E-state index in [0.717, 1.165) is 24.3 Å². The van der Waals surface area contributed by atoms with Gasteiger partial charge in [-0.2, -0.15) is 5.10 Å². The van der Waals surface area contributed by atoms with Crippen molar-refractivity contribution in [3.63, 3.8) is 0 Å². The number of anilines is 1. The lowest BCUT2D eigenvalue weighted by Crippen LogP contribution is -2.24. The number of rotatable bonds is 9. The van der Waals surface area contributed by atoms with Crippen molar-refractivity contribution < 1.29 is 14.5 Å². The van der Waals surface area contributed by atoms with Gasteiger partial charge in [0.1, 0.15) is 5.75 Å². The van der Waals surface area contributed by atoms with Gasteiger partial charge < -0.3 is 9.64 Å². The Hall–Kier alpha value is -2.94. The Morgan fingerprint density at radius 3 is 2.50 bits per heavy atom. The number of nitro groups is 1.